The minimum absolute atomic E-state index is 0.156. The fourth-order valence-electron chi connectivity index (χ4n) is 4.56. The van der Waals surface area contributed by atoms with Gasteiger partial charge in [0.1, 0.15) is 0 Å². The number of hydrogen-bond donors (Lipinski definition) is 4. The van der Waals surface area contributed by atoms with Crippen LogP contribution in [0.15, 0.2) is 0 Å². The first-order valence-corrected chi connectivity index (χ1v) is 15.6. The second kappa shape index (κ2) is 31.1. The molecule has 0 saturated heterocycles. The van der Waals surface area contributed by atoms with E-state index in [0.29, 0.717) is 12.8 Å². The standard InChI is InChI=1S/C17H34O4.C14H28O2/c1-2-3-4-5-6-7-8-9-10-11-12-15(17(20)21)13-16(19)14-18;1-2-3-4-5-6-7-8-9-10-11-12-13-14(15)16/h15-16,18-19H,2-14H2,1H3,(H,20,21);2-13H2,1H3,(H,15,16). The van der Waals surface area contributed by atoms with E-state index >= 15 is 0 Å². The molecule has 0 rings (SSSR count). The smallest absolute Gasteiger partial charge is 0.306 e. The summed E-state index contributed by atoms with van der Waals surface area (Å²) in [7, 11) is 0. The van der Waals surface area contributed by atoms with E-state index in [4.69, 9.17) is 15.3 Å². The lowest BCUT2D eigenvalue weighted by Gasteiger charge is -2.15. The van der Waals surface area contributed by atoms with E-state index < -0.39 is 24.0 Å². The average molecular weight is 531 g/mol. The summed E-state index contributed by atoms with van der Waals surface area (Å²) in [6.07, 6.45) is 26.5. The Kier molecular flexibility index (Phi) is 31.9. The van der Waals surface area contributed by atoms with Crippen LogP contribution >= 0.6 is 0 Å². The Hall–Kier alpha value is -1.14. The number of hydrogen-bond acceptors (Lipinski definition) is 4. The summed E-state index contributed by atoms with van der Waals surface area (Å²) in [6.45, 7) is 4.11. The molecule has 222 valence electrons. The van der Waals surface area contributed by atoms with Gasteiger partial charge < -0.3 is 20.4 Å². The van der Waals surface area contributed by atoms with Crippen LogP contribution < -0.4 is 0 Å². The molecule has 2 unspecified atom stereocenters. The Balaban J connectivity index is 0. The van der Waals surface area contributed by atoms with E-state index in [0.717, 1.165) is 25.7 Å². The second-order valence-corrected chi connectivity index (χ2v) is 10.8. The fourth-order valence-corrected chi connectivity index (χ4v) is 4.56. The lowest BCUT2D eigenvalue weighted by atomic mass is 9.94. The second-order valence-electron chi connectivity index (χ2n) is 10.8. The Labute approximate surface area is 228 Å². The molecule has 6 heteroatoms. The summed E-state index contributed by atoms with van der Waals surface area (Å²) in [5, 5.41) is 35.6. The molecule has 0 radical (unpaired) electrons. The predicted molar refractivity (Wildman–Crippen MR) is 154 cm³/mol. The molecule has 0 aliphatic heterocycles. The number of carbonyl (C=O) groups is 2. The van der Waals surface area contributed by atoms with Crippen molar-refractivity contribution in [1.82, 2.24) is 0 Å². The van der Waals surface area contributed by atoms with Crippen molar-refractivity contribution in [3.63, 3.8) is 0 Å². The maximum atomic E-state index is 11.0. The van der Waals surface area contributed by atoms with Gasteiger partial charge in [0.15, 0.2) is 0 Å². The summed E-state index contributed by atoms with van der Waals surface area (Å²) >= 11 is 0. The minimum atomic E-state index is -0.908. The Bertz CT molecular complexity index is 482. The molecule has 0 heterocycles. The molecule has 0 aliphatic carbocycles. The third-order valence-corrected chi connectivity index (χ3v) is 7.02. The van der Waals surface area contributed by atoms with Gasteiger partial charge in [0.2, 0.25) is 0 Å². The monoisotopic (exact) mass is 530 g/mol. The van der Waals surface area contributed by atoms with E-state index in [1.54, 1.807) is 0 Å². The van der Waals surface area contributed by atoms with Crippen molar-refractivity contribution in [1.29, 1.82) is 0 Å². The van der Waals surface area contributed by atoms with Crippen LogP contribution in [0.4, 0.5) is 0 Å². The van der Waals surface area contributed by atoms with Gasteiger partial charge in [-0.25, -0.2) is 0 Å². The molecule has 0 fully saturated rings. The van der Waals surface area contributed by atoms with E-state index in [1.807, 2.05) is 0 Å². The van der Waals surface area contributed by atoms with Crippen LogP contribution in [0.25, 0.3) is 0 Å². The molecule has 0 bridgehead atoms. The topological polar surface area (TPSA) is 115 Å². The molecule has 0 aromatic heterocycles. The number of aliphatic carboxylic acids is 2. The summed E-state index contributed by atoms with van der Waals surface area (Å²) in [6, 6.07) is 0. The fraction of sp³-hybridized carbons (Fsp3) is 0.935. The molecular formula is C31H62O6. The van der Waals surface area contributed by atoms with Gasteiger partial charge in [-0.2, -0.15) is 0 Å². The van der Waals surface area contributed by atoms with Gasteiger partial charge in [-0.3, -0.25) is 9.59 Å². The lowest BCUT2D eigenvalue weighted by Crippen LogP contribution is -2.23. The summed E-state index contributed by atoms with van der Waals surface area (Å²) in [4.78, 5) is 21.3. The quantitative estimate of drug-likeness (QED) is 0.0791. The molecule has 0 aromatic rings. The zero-order chi connectivity index (χ0) is 28.0. The van der Waals surface area contributed by atoms with Crippen molar-refractivity contribution in [3.8, 4) is 0 Å². The van der Waals surface area contributed by atoms with Crippen LogP contribution in [0, 0.1) is 5.92 Å². The molecule has 0 aromatic carbocycles. The molecule has 37 heavy (non-hydrogen) atoms. The summed E-state index contributed by atoms with van der Waals surface area (Å²) in [5.74, 6) is -2.05. The van der Waals surface area contributed by atoms with Gasteiger partial charge in [0, 0.05) is 6.42 Å². The van der Waals surface area contributed by atoms with Crippen molar-refractivity contribution >= 4 is 11.9 Å². The van der Waals surface area contributed by atoms with Gasteiger partial charge in [0.25, 0.3) is 0 Å². The highest BCUT2D eigenvalue weighted by molar-refractivity contribution is 5.69. The third kappa shape index (κ3) is 32.8. The first kappa shape index (κ1) is 38.0. The molecule has 4 N–H and O–H groups in total. The lowest BCUT2D eigenvalue weighted by molar-refractivity contribution is -0.143. The normalized spacial score (nSPS) is 12.5. The zero-order valence-electron chi connectivity index (χ0n) is 24.4. The van der Waals surface area contributed by atoms with Crippen molar-refractivity contribution in [2.45, 2.75) is 174 Å². The van der Waals surface area contributed by atoms with E-state index in [1.165, 1.54) is 109 Å². The van der Waals surface area contributed by atoms with Crippen LogP contribution in [0.5, 0.6) is 0 Å². The Morgan fingerprint density at radius 3 is 1.24 bits per heavy atom. The summed E-state index contributed by atoms with van der Waals surface area (Å²) < 4.78 is 0. The molecule has 0 aliphatic rings. The Morgan fingerprint density at radius 1 is 0.568 bits per heavy atom. The van der Waals surface area contributed by atoms with Gasteiger partial charge in [-0.1, -0.05) is 142 Å². The summed E-state index contributed by atoms with van der Waals surface area (Å²) in [5.41, 5.74) is 0. The van der Waals surface area contributed by atoms with Gasteiger partial charge >= 0.3 is 11.9 Å². The SMILES string of the molecule is CCCCCCCCCCCCC(CC(O)CO)C(=O)O.CCCCCCCCCCCCCC(=O)O. The third-order valence-electron chi connectivity index (χ3n) is 7.02. The van der Waals surface area contributed by atoms with Crippen molar-refractivity contribution in [2.75, 3.05) is 6.61 Å². The maximum Gasteiger partial charge on any atom is 0.306 e. The molecule has 0 saturated carbocycles. The molecular weight excluding hydrogens is 468 g/mol. The number of carboxylic acids is 2. The number of unbranched alkanes of at least 4 members (excludes halogenated alkanes) is 19. The predicted octanol–water partition coefficient (Wildman–Crippen LogP) is 8.51. The maximum absolute atomic E-state index is 11.0. The van der Waals surface area contributed by atoms with Crippen molar-refractivity contribution in [2.24, 2.45) is 5.92 Å². The van der Waals surface area contributed by atoms with E-state index in [9.17, 15) is 14.7 Å². The van der Waals surface area contributed by atoms with Crippen molar-refractivity contribution in [3.05, 3.63) is 0 Å². The number of carboxylic acid groups (broad SMARTS) is 2. The van der Waals surface area contributed by atoms with Crippen LogP contribution in [0.2, 0.25) is 0 Å². The van der Waals surface area contributed by atoms with Gasteiger partial charge in [0.05, 0.1) is 18.6 Å². The highest BCUT2D eigenvalue weighted by atomic mass is 16.4. The van der Waals surface area contributed by atoms with E-state index in [-0.39, 0.29) is 13.0 Å². The van der Waals surface area contributed by atoms with Crippen LogP contribution in [-0.2, 0) is 9.59 Å². The van der Waals surface area contributed by atoms with Crippen LogP contribution in [0.3, 0.4) is 0 Å². The Morgan fingerprint density at radius 2 is 0.919 bits per heavy atom. The first-order valence-electron chi connectivity index (χ1n) is 15.6. The number of rotatable bonds is 27. The van der Waals surface area contributed by atoms with Crippen LogP contribution in [0.1, 0.15) is 168 Å². The highest BCUT2D eigenvalue weighted by Gasteiger charge is 2.20. The van der Waals surface area contributed by atoms with Gasteiger partial charge in [-0.05, 0) is 19.3 Å². The number of aliphatic hydroxyl groups is 2. The highest BCUT2D eigenvalue weighted by Crippen LogP contribution is 2.18. The van der Waals surface area contributed by atoms with E-state index in [2.05, 4.69) is 13.8 Å². The molecule has 0 amide bonds. The zero-order valence-corrected chi connectivity index (χ0v) is 24.4. The molecule has 2 atom stereocenters. The van der Waals surface area contributed by atoms with Gasteiger partial charge in [-0.15, -0.1) is 0 Å². The number of aliphatic hydroxyl groups excluding tert-OH is 2. The first-order chi connectivity index (χ1) is 17.9. The van der Waals surface area contributed by atoms with Crippen molar-refractivity contribution < 1.29 is 30.0 Å². The largest absolute Gasteiger partial charge is 0.481 e. The van der Waals surface area contributed by atoms with Crippen LogP contribution in [-0.4, -0.2) is 45.1 Å². The minimum Gasteiger partial charge on any atom is -0.481 e. The average Bonchev–Trinajstić information content (AvgIpc) is 2.87. The molecule has 6 nitrogen and oxygen atoms in total. The molecule has 0 spiro atoms.